The quantitative estimate of drug-likeness (QED) is 0.498. The molecule has 6 nitrogen and oxygen atoms in total. The lowest BCUT2D eigenvalue weighted by atomic mass is 9.78. The number of ether oxygens (including phenoxy) is 1. The minimum Gasteiger partial charge on any atom is -0.457 e. The molecular formula is C28H26N2O4. The van der Waals surface area contributed by atoms with Gasteiger partial charge in [0, 0.05) is 18.2 Å². The average Bonchev–Trinajstić information content (AvgIpc) is 3.11. The van der Waals surface area contributed by atoms with Gasteiger partial charge in [-0.15, -0.1) is 0 Å². The van der Waals surface area contributed by atoms with Crippen LogP contribution in [0, 0.1) is 11.8 Å². The van der Waals surface area contributed by atoms with Crippen molar-refractivity contribution in [3.8, 4) is 11.5 Å². The van der Waals surface area contributed by atoms with Gasteiger partial charge in [0.2, 0.25) is 5.91 Å². The second-order valence-electron chi connectivity index (χ2n) is 8.85. The molecule has 1 aliphatic carbocycles. The molecule has 0 bridgehead atoms. The molecule has 1 N–H and O–H groups in total. The van der Waals surface area contributed by atoms with Crippen molar-refractivity contribution in [2.45, 2.75) is 25.7 Å². The van der Waals surface area contributed by atoms with E-state index in [9.17, 15) is 14.4 Å². The van der Waals surface area contributed by atoms with Crippen LogP contribution < -0.4 is 10.1 Å². The third kappa shape index (κ3) is 4.44. The first-order valence-electron chi connectivity index (χ1n) is 11.7. The lowest BCUT2D eigenvalue weighted by molar-refractivity contribution is -0.122. The van der Waals surface area contributed by atoms with Gasteiger partial charge in [-0.2, -0.15) is 0 Å². The first kappa shape index (κ1) is 21.9. The Morgan fingerprint density at radius 2 is 1.38 bits per heavy atom. The topological polar surface area (TPSA) is 75.7 Å². The van der Waals surface area contributed by atoms with Gasteiger partial charge in [-0.3, -0.25) is 19.3 Å². The third-order valence-corrected chi connectivity index (χ3v) is 6.64. The van der Waals surface area contributed by atoms with E-state index in [0.717, 1.165) is 31.4 Å². The SMILES string of the molecule is O=C(Nc1ccc(Oc2ccccc2)cc1)C1CCCCC1CN1C(=O)c2ccccc2C1=O. The summed E-state index contributed by atoms with van der Waals surface area (Å²) in [7, 11) is 0. The standard InChI is InChI=1S/C28H26N2O4/c31-26(29-20-14-16-22(17-15-20)34-21-9-2-1-3-10-21)23-11-5-4-8-19(23)18-30-27(32)24-12-6-7-13-25(24)28(30)33/h1-3,6-7,9-10,12-17,19,23H,4-5,8,11,18H2,(H,29,31). The van der Waals surface area contributed by atoms with Gasteiger partial charge >= 0.3 is 0 Å². The van der Waals surface area contributed by atoms with Crippen LogP contribution in [0.1, 0.15) is 46.4 Å². The lowest BCUT2D eigenvalue weighted by Crippen LogP contribution is -2.41. The predicted octanol–water partition coefficient (Wildman–Crippen LogP) is 5.52. The molecular weight excluding hydrogens is 428 g/mol. The van der Waals surface area contributed by atoms with E-state index < -0.39 is 0 Å². The van der Waals surface area contributed by atoms with Crippen molar-refractivity contribution in [1.82, 2.24) is 4.90 Å². The fourth-order valence-electron chi connectivity index (χ4n) is 4.88. The largest absolute Gasteiger partial charge is 0.457 e. The van der Waals surface area contributed by atoms with E-state index in [1.807, 2.05) is 54.6 Å². The van der Waals surface area contributed by atoms with Crippen LogP contribution in [0.3, 0.4) is 0 Å². The molecule has 2 atom stereocenters. The first-order valence-corrected chi connectivity index (χ1v) is 11.7. The predicted molar refractivity (Wildman–Crippen MR) is 129 cm³/mol. The molecule has 172 valence electrons. The number of para-hydroxylation sites is 1. The highest BCUT2D eigenvalue weighted by atomic mass is 16.5. The molecule has 0 aromatic heterocycles. The van der Waals surface area contributed by atoms with Crippen LogP contribution in [0.15, 0.2) is 78.9 Å². The maximum atomic E-state index is 13.2. The lowest BCUT2D eigenvalue weighted by Gasteiger charge is -2.32. The van der Waals surface area contributed by atoms with Crippen LogP contribution in [-0.4, -0.2) is 29.2 Å². The fourth-order valence-corrected chi connectivity index (χ4v) is 4.88. The van der Waals surface area contributed by atoms with Crippen molar-refractivity contribution in [2.75, 3.05) is 11.9 Å². The molecule has 0 saturated heterocycles. The number of fused-ring (bicyclic) bond motifs is 1. The summed E-state index contributed by atoms with van der Waals surface area (Å²) in [5, 5.41) is 3.01. The molecule has 3 amide bonds. The molecule has 1 aliphatic heterocycles. The number of benzene rings is 3. The number of amides is 3. The first-order chi connectivity index (χ1) is 16.6. The Morgan fingerprint density at radius 3 is 2.06 bits per heavy atom. The zero-order valence-electron chi connectivity index (χ0n) is 18.8. The Morgan fingerprint density at radius 1 is 0.794 bits per heavy atom. The monoisotopic (exact) mass is 454 g/mol. The highest BCUT2D eigenvalue weighted by molar-refractivity contribution is 6.21. The summed E-state index contributed by atoms with van der Waals surface area (Å²) in [5.74, 6) is 0.523. The zero-order chi connectivity index (χ0) is 23.5. The molecule has 2 aliphatic rings. The molecule has 1 heterocycles. The van der Waals surface area contributed by atoms with Crippen molar-refractivity contribution in [3.05, 3.63) is 90.0 Å². The van der Waals surface area contributed by atoms with E-state index in [0.29, 0.717) is 22.6 Å². The van der Waals surface area contributed by atoms with E-state index in [1.54, 1.807) is 24.3 Å². The molecule has 5 rings (SSSR count). The van der Waals surface area contributed by atoms with E-state index in [1.165, 1.54) is 4.90 Å². The van der Waals surface area contributed by atoms with E-state index >= 15 is 0 Å². The number of hydrogen-bond donors (Lipinski definition) is 1. The Bertz CT molecular complexity index is 1170. The Hall–Kier alpha value is -3.93. The van der Waals surface area contributed by atoms with Crippen LogP contribution in [0.4, 0.5) is 5.69 Å². The molecule has 3 aromatic rings. The molecule has 0 spiro atoms. The number of carbonyl (C=O) groups excluding carboxylic acids is 3. The smallest absolute Gasteiger partial charge is 0.261 e. The summed E-state index contributed by atoms with van der Waals surface area (Å²) in [6, 6.07) is 23.7. The Labute approximate surface area is 198 Å². The van der Waals surface area contributed by atoms with E-state index in [2.05, 4.69) is 5.32 Å². The van der Waals surface area contributed by atoms with Crippen molar-refractivity contribution in [1.29, 1.82) is 0 Å². The van der Waals surface area contributed by atoms with Crippen molar-refractivity contribution in [2.24, 2.45) is 11.8 Å². The summed E-state index contributed by atoms with van der Waals surface area (Å²) in [6.07, 6.45) is 3.51. The van der Waals surface area contributed by atoms with Gasteiger partial charge in [0.1, 0.15) is 11.5 Å². The molecule has 2 unspecified atom stereocenters. The summed E-state index contributed by atoms with van der Waals surface area (Å²) in [6.45, 7) is 0.272. The average molecular weight is 455 g/mol. The number of rotatable bonds is 6. The van der Waals surface area contributed by atoms with E-state index in [4.69, 9.17) is 4.74 Å². The van der Waals surface area contributed by atoms with Gasteiger partial charge in [-0.05, 0) is 67.3 Å². The Kier molecular flexibility index (Phi) is 6.12. The van der Waals surface area contributed by atoms with Gasteiger partial charge in [-0.1, -0.05) is 43.2 Å². The van der Waals surface area contributed by atoms with Gasteiger partial charge < -0.3 is 10.1 Å². The maximum Gasteiger partial charge on any atom is 0.261 e. The van der Waals surface area contributed by atoms with Gasteiger partial charge in [0.05, 0.1) is 11.1 Å². The van der Waals surface area contributed by atoms with Crippen LogP contribution in [0.2, 0.25) is 0 Å². The Balaban J connectivity index is 1.24. The molecule has 3 aromatic carbocycles. The van der Waals surface area contributed by atoms with Gasteiger partial charge in [0.25, 0.3) is 11.8 Å². The molecule has 1 fully saturated rings. The molecule has 34 heavy (non-hydrogen) atoms. The fraction of sp³-hybridized carbons (Fsp3) is 0.250. The summed E-state index contributed by atoms with van der Waals surface area (Å²) < 4.78 is 5.81. The zero-order valence-corrected chi connectivity index (χ0v) is 18.8. The molecule has 6 heteroatoms. The molecule has 1 saturated carbocycles. The molecule has 0 radical (unpaired) electrons. The number of carbonyl (C=O) groups is 3. The number of imide groups is 1. The van der Waals surface area contributed by atoms with Crippen LogP contribution in [-0.2, 0) is 4.79 Å². The number of hydrogen-bond acceptors (Lipinski definition) is 4. The number of nitrogens with one attached hydrogen (secondary N) is 1. The van der Waals surface area contributed by atoms with Gasteiger partial charge in [0.15, 0.2) is 0 Å². The number of nitrogens with zero attached hydrogens (tertiary/aromatic N) is 1. The summed E-state index contributed by atoms with van der Waals surface area (Å²) in [4.78, 5) is 40.1. The van der Waals surface area contributed by atoms with Crippen molar-refractivity contribution < 1.29 is 19.1 Å². The van der Waals surface area contributed by atoms with Crippen molar-refractivity contribution in [3.63, 3.8) is 0 Å². The highest BCUT2D eigenvalue weighted by Gasteiger charge is 2.40. The summed E-state index contributed by atoms with van der Waals surface area (Å²) >= 11 is 0. The van der Waals surface area contributed by atoms with Crippen molar-refractivity contribution >= 4 is 23.4 Å². The minimum atomic E-state index is -0.265. The highest BCUT2D eigenvalue weighted by Crippen LogP contribution is 2.34. The normalized spacial score (nSPS) is 19.6. The second kappa shape index (κ2) is 9.51. The van der Waals surface area contributed by atoms with Crippen LogP contribution >= 0.6 is 0 Å². The third-order valence-electron chi connectivity index (χ3n) is 6.64. The number of anilines is 1. The minimum absolute atomic E-state index is 0.0587. The summed E-state index contributed by atoms with van der Waals surface area (Å²) in [5.41, 5.74) is 1.58. The van der Waals surface area contributed by atoms with E-state index in [-0.39, 0.29) is 36.1 Å². The van der Waals surface area contributed by atoms with Crippen LogP contribution in [0.25, 0.3) is 0 Å². The van der Waals surface area contributed by atoms with Gasteiger partial charge in [-0.25, -0.2) is 0 Å². The second-order valence-corrected chi connectivity index (χ2v) is 8.85. The maximum absolute atomic E-state index is 13.2. The van der Waals surface area contributed by atoms with Crippen LogP contribution in [0.5, 0.6) is 11.5 Å².